The molecule has 0 aliphatic carbocycles. The van der Waals surface area contributed by atoms with Crippen molar-refractivity contribution in [1.82, 2.24) is 9.78 Å². The van der Waals surface area contributed by atoms with Crippen molar-refractivity contribution in [3.05, 3.63) is 22.5 Å². The maximum Gasteiger partial charge on any atom is 0.400 e. The molecule has 0 amide bonds. The van der Waals surface area contributed by atoms with Gasteiger partial charge in [0.2, 0.25) is 0 Å². The second-order valence-electron chi connectivity index (χ2n) is 3.23. The highest BCUT2D eigenvalue weighted by Crippen LogP contribution is 2.27. The largest absolute Gasteiger partial charge is 0.400 e. The molecule has 0 aliphatic heterocycles. The average Bonchev–Trinajstić information content (AvgIpc) is 2.59. The van der Waals surface area contributed by atoms with Crippen LogP contribution in [0.4, 0.5) is 18.9 Å². The van der Waals surface area contributed by atoms with Crippen molar-refractivity contribution in [2.75, 3.05) is 0 Å². The summed E-state index contributed by atoms with van der Waals surface area (Å²) in [6, 6.07) is 0. The van der Waals surface area contributed by atoms with Crippen LogP contribution < -0.4 is 5.73 Å². The minimum Gasteiger partial charge on any atom is -0.387 e. The van der Waals surface area contributed by atoms with Crippen LogP contribution in [0.5, 0.6) is 0 Å². The second kappa shape index (κ2) is 4.39. The monoisotopic (exact) mass is 251 g/mol. The quantitative estimate of drug-likeness (QED) is 0.358. The van der Waals surface area contributed by atoms with Crippen LogP contribution in [0.15, 0.2) is 12.4 Å². The number of aromatic nitrogens is 2. The zero-order chi connectivity index (χ0) is 13.2. The van der Waals surface area contributed by atoms with E-state index in [1.54, 1.807) is 0 Å². The first-order valence-electron chi connectivity index (χ1n) is 4.29. The molecule has 0 aromatic carbocycles. The maximum atomic E-state index is 12.4. The van der Waals surface area contributed by atoms with Crippen molar-refractivity contribution < 1.29 is 18.1 Å². The van der Waals surface area contributed by atoms with Crippen LogP contribution >= 0.6 is 0 Å². The van der Waals surface area contributed by atoms with E-state index in [9.17, 15) is 23.3 Å². The summed E-state index contributed by atoms with van der Waals surface area (Å²) in [6.07, 6.45) is -3.01. The molecule has 1 rings (SSSR count). The van der Waals surface area contributed by atoms with E-state index in [4.69, 9.17) is 11.1 Å². The SMILES string of the molecule is N=C(N)C(Cn1cc([N+](=O)[O-])cn1)C(F)(F)F. The smallest absolute Gasteiger partial charge is 0.387 e. The van der Waals surface area contributed by atoms with Crippen LogP contribution in [0, 0.1) is 21.4 Å². The molecule has 0 saturated carbocycles. The first kappa shape index (κ1) is 12.9. The van der Waals surface area contributed by atoms with Crippen molar-refractivity contribution in [2.45, 2.75) is 12.7 Å². The van der Waals surface area contributed by atoms with E-state index in [1.165, 1.54) is 0 Å². The number of amidine groups is 1. The van der Waals surface area contributed by atoms with E-state index in [0.717, 1.165) is 17.1 Å². The minimum atomic E-state index is -4.69. The molecule has 7 nitrogen and oxygen atoms in total. The summed E-state index contributed by atoms with van der Waals surface area (Å²) < 4.78 is 38.0. The normalized spacial score (nSPS) is 13.4. The lowest BCUT2D eigenvalue weighted by molar-refractivity contribution is -0.385. The van der Waals surface area contributed by atoms with Gasteiger partial charge in [-0.3, -0.25) is 20.2 Å². The molecule has 3 N–H and O–H groups in total. The Labute approximate surface area is 92.7 Å². The zero-order valence-corrected chi connectivity index (χ0v) is 8.31. The van der Waals surface area contributed by atoms with Crippen LogP contribution in [0.1, 0.15) is 0 Å². The topological polar surface area (TPSA) is 111 Å². The predicted molar refractivity (Wildman–Crippen MR) is 50.3 cm³/mol. The molecule has 1 unspecified atom stereocenters. The van der Waals surface area contributed by atoms with Gasteiger partial charge in [-0.05, 0) is 0 Å². The summed E-state index contributed by atoms with van der Waals surface area (Å²) in [6.45, 7) is -0.757. The number of hydrogen-bond donors (Lipinski definition) is 2. The van der Waals surface area contributed by atoms with Crippen LogP contribution in [-0.2, 0) is 6.54 Å². The highest BCUT2D eigenvalue weighted by atomic mass is 19.4. The number of nitrogens with one attached hydrogen (secondary N) is 1. The van der Waals surface area contributed by atoms with Gasteiger partial charge in [0.05, 0.1) is 11.5 Å². The van der Waals surface area contributed by atoms with Crippen LogP contribution in [-0.4, -0.2) is 26.7 Å². The average molecular weight is 251 g/mol. The Morgan fingerprint density at radius 1 is 1.71 bits per heavy atom. The number of nitro groups is 1. The molecule has 94 valence electrons. The number of alkyl halides is 3. The highest BCUT2D eigenvalue weighted by Gasteiger charge is 2.42. The molecule has 1 aromatic rings. The molecule has 0 spiro atoms. The Bertz CT molecular complexity index is 441. The molecule has 17 heavy (non-hydrogen) atoms. The Hall–Kier alpha value is -2.13. The number of nitrogens with zero attached hydrogens (tertiary/aromatic N) is 3. The molecule has 0 aliphatic rings. The molecule has 10 heteroatoms. The number of rotatable bonds is 4. The standard InChI is InChI=1S/C7H8F3N5O2/c8-7(9,10)5(6(11)12)3-14-2-4(1-13-14)15(16)17/h1-2,5H,3H2,(H3,11,12). The van der Waals surface area contributed by atoms with E-state index in [0.29, 0.717) is 0 Å². The minimum absolute atomic E-state index is 0.422. The summed E-state index contributed by atoms with van der Waals surface area (Å²) in [7, 11) is 0. The van der Waals surface area contributed by atoms with Gasteiger partial charge in [0, 0.05) is 0 Å². The summed E-state index contributed by atoms with van der Waals surface area (Å²) in [5.74, 6) is -3.27. The van der Waals surface area contributed by atoms with Gasteiger partial charge >= 0.3 is 11.9 Å². The maximum absolute atomic E-state index is 12.4. The summed E-state index contributed by atoms with van der Waals surface area (Å²) in [5.41, 5.74) is 4.40. The number of hydrogen-bond acceptors (Lipinski definition) is 4. The third kappa shape index (κ3) is 3.16. The van der Waals surface area contributed by atoms with Gasteiger partial charge in [0.1, 0.15) is 24.1 Å². The Balaban J connectivity index is 2.87. The summed E-state index contributed by atoms with van der Waals surface area (Å²) in [5, 5.41) is 20.5. The molecule has 1 atom stereocenters. The summed E-state index contributed by atoms with van der Waals surface area (Å²) in [4.78, 5) is 9.52. The first-order valence-corrected chi connectivity index (χ1v) is 4.29. The van der Waals surface area contributed by atoms with Crippen LogP contribution in [0.2, 0.25) is 0 Å². The van der Waals surface area contributed by atoms with E-state index >= 15 is 0 Å². The van der Waals surface area contributed by atoms with E-state index in [1.807, 2.05) is 0 Å². The van der Waals surface area contributed by atoms with Crippen molar-refractivity contribution in [1.29, 1.82) is 5.41 Å². The Morgan fingerprint density at radius 2 is 2.29 bits per heavy atom. The van der Waals surface area contributed by atoms with Gasteiger partial charge < -0.3 is 5.73 Å². The van der Waals surface area contributed by atoms with Gasteiger partial charge in [-0.15, -0.1) is 0 Å². The summed E-state index contributed by atoms with van der Waals surface area (Å²) >= 11 is 0. The van der Waals surface area contributed by atoms with Gasteiger partial charge in [-0.25, -0.2) is 0 Å². The molecule has 1 aromatic heterocycles. The number of nitrogens with two attached hydrogens (primary N) is 1. The third-order valence-corrected chi connectivity index (χ3v) is 1.97. The lowest BCUT2D eigenvalue weighted by Gasteiger charge is -2.18. The lowest BCUT2D eigenvalue weighted by atomic mass is 10.1. The predicted octanol–water partition coefficient (Wildman–Crippen LogP) is 0.906. The fraction of sp³-hybridized carbons (Fsp3) is 0.429. The Morgan fingerprint density at radius 3 is 2.65 bits per heavy atom. The molecule has 0 radical (unpaired) electrons. The van der Waals surface area contributed by atoms with E-state index < -0.39 is 35.1 Å². The molecular formula is C7H8F3N5O2. The number of halogens is 3. The van der Waals surface area contributed by atoms with E-state index in [2.05, 4.69) is 5.10 Å². The van der Waals surface area contributed by atoms with Crippen molar-refractivity contribution in [3.63, 3.8) is 0 Å². The molecule has 0 saturated heterocycles. The lowest BCUT2D eigenvalue weighted by Crippen LogP contribution is -2.38. The van der Waals surface area contributed by atoms with Crippen molar-refractivity contribution in [2.24, 2.45) is 11.7 Å². The van der Waals surface area contributed by atoms with Gasteiger partial charge in [-0.1, -0.05) is 0 Å². The fourth-order valence-electron chi connectivity index (χ4n) is 1.11. The van der Waals surface area contributed by atoms with Crippen molar-refractivity contribution >= 4 is 11.5 Å². The highest BCUT2D eigenvalue weighted by molar-refractivity contribution is 5.80. The van der Waals surface area contributed by atoms with E-state index in [-0.39, 0.29) is 0 Å². The Kier molecular flexibility index (Phi) is 3.34. The van der Waals surface area contributed by atoms with Crippen LogP contribution in [0.25, 0.3) is 0 Å². The van der Waals surface area contributed by atoms with Gasteiger partial charge in [0.15, 0.2) is 0 Å². The van der Waals surface area contributed by atoms with Crippen LogP contribution in [0.3, 0.4) is 0 Å². The second-order valence-corrected chi connectivity index (χ2v) is 3.23. The first-order chi connectivity index (χ1) is 7.71. The van der Waals surface area contributed by atoms with Gasteiger partial charge in [-0.2, -0.15) is 18.3 Å². The van der Waals surface area contributed by atoms with Crippen molar-refractivity contribution in [3.8, 4) is 0 Å². The molecule has 1 heterocycles. The molecule has 0 bridgehead atoms. The van der Waals surface area contributed by atoms with Gasteiger partial charge in [0.25, 0.3) is 0 Å². The third-order valence-electron chi connectivity index (χ3n) is 1.97. The molecular weight excluding hydrogens is 243 g/mol. The fourth-order valence-corrected chi connectivity index (χ4v) is 1.11. The zero-order valence-electron chi connectivity index (χ0n) is 8.31. The molecule has 0 fully saturated rings.